The van der Waals surface area contributed by atoms with Gasteiger partial charge in [0.25, 0.3) is 5.56 Å². The van der Waals surface area contributed by atoms with E-state index in [1.165, 1.54) is 4.52 Å². The lowest BCUT2D eigenvalue weighted by Gasteiger charge is -2.02. The summed E-state index contributed by atoms with van der Waals surface area (Å²) in [4.78, 5) is 18.3. The van der Waals surface area contributed by atoms with E-state index >= 15 is 0 Å². The number of nitrogens with one attached hydrogen (secondary N) is 1. The number of nitrogens with zero attached hydrogens (tertiary/aromatic N) is 3. The second-order valence-corrected chi connectivity index (χ2v) is 7.08. The molecule has 7 heteroatoms. The Morgan fingerprint density at radius 3 is 2.80 bits per heavy atom. The molecule has 0 unspecified atom stereocenters. The average molecular weight is 354 g/mol. The molecule has 0 aromatic carbocycles. The zero-order valence-corrected chi connectivity index (χ0v) is 15.1. The van der Waals surface area contributed by atoms with E-state index in [0.29, 0.717) is 12.1 Å². The lowest BCUT2D eigenvalue weighted by Crippen LogP contribution is -2.16. The van der Waals surface area contributed by atoms with Gasteiger partial charge in [-0.05, 0) is 45.1 Å². The SMILES string of the molecule is Cc1noc(C)c1CCc1cc(=O)n2[nH]c(-c3cccs3)c(C)c2n1. The van der Waals surface area contributed by atoms with Gasteiger partial charge in [0.2, 0.25) is 0 Å². The van der Waals surface area contributed by atoms with Gasteiger partial charge in [-0.1, -0.05) is 11.2 Å². The number of rotatable bonds is 4. The van der Waals surface area contributed by atoms with E-state index in [1.54, 1.807) is 17.4 Å². The second-order valence-electron chi connectivity index (χ2n) is 6.14. The third-order valence-corrected chi connectivity index (χ3v) is 5.37. The third kappa shape index (κ3) is 2.70. The first-order valence-corrected chi connectivity index (χ1v) is 8.99. The lowest BCUT2D eigenvalue weighted by molar-refractivity contribution is 0.392. The van der Waals surface area contributed by atoms with Crippen molar-refractivity contribution in [3.8, 4) is 10.6 Å². The maximum absolute atomic E-state index is 12.5. The van der Waals surface area contributed by atoms with Crippen LogP contribution in [0.3, 0.4) is 0 Å². The van der Waals surface area contributed by atoms with Crippen molar-refractivity contribution < 1.29 is 4.52 Å². The summed E-state index contributed by atoms with van der Waals surface area (Å²) in [5.41, 5.74) is 5.29. The van der Waals surface area contributed by atoms with Crippen LogP contribution in [0.15, 0.2) is 32.9 Å². The molecular weight excluding hydrogens is 336 g/mol. The number of hydrogen-bond donors (Lipinski definition) is 1. The molecule has 0 amide bonds. The zero-order chi connectivity index (χ0) is 17.6. The number of thiophene rings is 1. The normalized spacial score (nSPS) is 11.5. The van der Waals surface area contributed by atoms with Gasteiger partial charge in [0.1, 0.15) is 5.76 Å². The van der Waals surface area contributed by atoms with Gasteiger partial charge < -0.3 is 4.52 Å². The van der Waals surface area contributed by atoms with Crippen LogP contribution in [0.5, 0.6) is 0 Å². The summed E-state index contributed by atoms with van der Waals surface area (Å²) in [6.07, 6.45) is 1.43. The van der Waals surface area contributed by atoms with E-state index in [4.69, 9.17) is 9.51 Å². The number of aromatic nitrogens is 4. The molecule has 0 aliphatic carbocycles. The predicted molar refractivity (Wildman–Crippen MR) is 97.2 cm³/mol. The van der Waals surface area contributed by atoms with Gasteiger partial charge in [0.15, 0.2) is 5.65 Å². The summed E-state index contributed by atoms with van der Waals surface area (Å²) in [5.74, 6) is 0.827. The molecule has 0 aliphatic heterocycles. The highest BCUT2D eigenvalue weighted by Crippen LogP contribution is 2.27. The van der Waals surface area contributed by atoms with Crippen molar-refractivity contribution in [2.45, 2.75) is 33.6 Å². The molecule has 6 nitrogen and oxygen atoms in total. The van der Waals surface area contributed by atoms with Crippen LogP contribution in [0.4, 0.5) is 0 Å². The minimum Gasteiger partial charge on any atom is -0.361 e. The van der Waals surface area contributed by atoms with E-state index in [-0.39, 0.29) is 5.56 Å². The molecule has 0 bridgehead atoms. The van der Waals surface area contributed by atoms with E-state index in [1.807, 2.05) is 38.3 Å². The van der Waals surface area contributed by atoms with Crippen molar-refractivity contribution >= 4 is 17.0 Å². The van der Waals surface area contributed by atoms with Gasteiger partial charge in [0.05, 0.1) is 16.3 Å². The molecule has 0 saturated heterocycles. The number of fused-ring (bicyclic) bond motifs is 1. The molecule has 0 saturated carbocycles. The van der Waals surface area contributed by atoms with Crippen molar-refractivity contribution in [3.05, 3.63) is 62.2 Å². The summed E-state index contributed by atoms with van der Waals surface area (Å²) in [6.45, 7) is 5.83. The van der Waals surface area contributed by atoms with Crippen molar-refractivity contribution in [3.63, 3.8) is 0 Å². The molecule has 4 heterocycles. The van der Waals surface area contributed by atoms with Crippen LogP contribution in [-0.4, -0.2) is 19.8 Å². The quantitative estimate of drug-likeness (QED) is 0.609. The van der Waals surface area contributed by atoms with E-state index < -0.39 is 0 Å². The van der Waals surface area contributed by atoms with Crippen LogP contribution >= 0.6 is 11.3 Å². The molecule has 4 rings (SSSR count). The lowest BCUT2D eigenvalue weighted by atomic mass is 10.1. The Morgan fingerprint density at radius 1 is 1.28 bits per heavy atom. The first kappa shape index (κ1) is 15.8. The van der Waals surface area contributed by atoms with Crippen molar-refractivity contribution in [1.29, 1.82) is 0 Å². The molecule has 0 atom stereocenters. The van der Waals surface area contributed by atoms with E-state index in [2.05, 4.69) is 10.3 Å². The molecule has 0 fully saturated rings. The predicted octanol–water partition coefficient (Wildman–Crippen LogP) is 3.45. The minimum atomic E-state index is -0.0929. The second kappa shape index (κ2) is 6.00. The van der Waals surface area contributed by atoms with Gasteiger partial charge in [-0.3, -0.25) is 9.89 Å². The number of hydrogen-bond acceptors (Lipinski definition) is 5. The Hall–Kier alpha value is -2.67. The van der Waals surface area contributed by atoms with Crippen LogP contribution in [0.25, 0.3) is 16.2 Å². The first-order chi connectivity index (χ1) is 12.0. The van der Waals surface area contributed by atoms with Gasteiger partial charge in [-0.25, -0.2) is 9.50 Å². The zero-order valence-electron chi connectivity index (χ0n) is 14.3. The molecule has 0 aliphatic rings. The summed E-state index contributed by atoms with van der Waals surface area (Å²) in [5, 5.41) is 9.17. The summed E-state index contributed by atoms with van der Waals surface area (Å²) in [7, 11) is 0. The number of H-pyrrole nitrogens is 1. The summed E-state index contributed by atoms with van der Waals surface area (Å²) in [6, 6.07) is 5.63. The maximum Gasteiger partial charge on any atom is 0.272 e. The smallest absolute Gasteiger partial charge is 0.272 e. The largest absolute Gasteiger partial charge is 0.361 e. The molecule has 1 N–H and O–H groups in total. The molecule has 4 aromatic rings. The molecular formula is C18H18N4O2S. The Labute approximate surface area is 148 Å². The minimum absolute atomic E-state index is 0.0929. The molecule has 25 heavy (non-hydrogen) atoms. The Bertz CT molecular complexity index is 1080. The van der Waals surface area contributed by atoms with E-state index in [0.717, 1.165) is 45.3 Å². The maximum atomic E-state index is 12.5. The third-order valence-electron chi connectivity index (χ3n) is 4.49. The number of aryl methyl sites for hydroxylation is 4. The van der Waals surface area contributed by atoms with Gasteiger partial charge in [-0.15, -0.1) is 11.3 Å². The fraction of sp³-hybridized carbons (Fsp3) is 0.278. The Morgan fingerprint density at radius 2 is 2.12 bits per heavy atom. The first-order valence-electron chi connectivity index (χ1n) is 8.11. The monoisotopic (exact) mass is 354 g/mol. The Balaban J connectivity index is 1.72. The molecule has 4 aromatic heterocycles. The fourth-order valence-electron chi connectivity index (χ4n) is 3.10. The summed E-state index contributed by atoms with van der Waals surface area (Å²) >= 11 is 1.64. The van der Waals surface area contributed by atoms with Crippen LogP contribution < -0.4 is 5.56 Å². The van der Waals surface area contributed by atoms with E-state index in [9.17, 15) is 4.79 Å². The average Bonchev–Trinajstić information content (AvgIpc) is 3.28. The molecule has 128 valence electrons. The van der Waals surface area contributed by atoms with Crippen molar-refractivity contribution in [2.75, 3.05) is 0 Å². The fourth-order valence-corrected chi connectivity index (χ4v) is 3.87. The van der Waals surface area contributed by atoms with Crippen molar-refractivity contribution in [2.24, 2.45) is 0 Å². The standard InChI is InChI=1S/C18H18N4O2S/c1-10-17(15-5-4-8-25-15)20-22-16(23)9-13(19-18(10)22)6-7-14-11(2)21-24-12(14)3/h4-5,8-9,20H,6-7H2,1-3H3. The molecule has 0 spiro atoms. The van der Waals surface area contributed by atoms with Gasteiger partial charge in [-0.2, -0.15) is 0 Å². The highest BCUT2D eigenvalue weighted by molar-refractivity contribution is 7.13. The van der Waals surface area contributed by atoms with Crippen molar-refractivity contribution in [1.82, 2.24) is 19.8 Å². The van der Waals surface area contributed by atoms with Crippen LogP contribution in [0.1, 0.15) is 28.3 Å². The van der Waals surface area contributed by atoms with Crippen LogP contribution in [0.2, 0.25) is 0 Å². The van der Waals surface area contributed by atoms with Gasteiger partial charge >= 0.3 is 0 Å². The summed E-state index contributed by atoms with van der Waals surface area (Å²) < 4.78 is 6.72. The molecule has 0 radical (unpaired) electrons. The Kier molecular flexibility index (Phi) is 3.80. The van der Waals surface area contributed by atoms with Gasteiger partial charge in [0, 0.05) is 22.9 Å². The van der Waals surface area contributed by atoms with Crippen LogP contribution in [-0.2, 0) is 12.8 Å². The highest BCUT2D eigenvalue weighted by Gasteiger charge is 2.15. The van der Waals surface area contributed by atoms with Crippen LogP contribution in [0, 0.1) is 20.8 Å². The topological polar surface area (TPSA) is 76.2 Å². The number of aromatic amines is 1. The highest BCUT2D eigenvalue weighted by atomic mass is 32.1.